The summed E-state index contributed by atoms with van der Waals surface area (Å²) in [5.74, 6) is -5.43. The highest BCUT2D eigenvalue weighted by Crippen LogP contribution is 2.24. The second-order valence-corrected chi connectivity index (χ2v) is 9.59. The summed E-state index contributed by atoms with van der Waals surface area (Å²) in [5.41, 5.74) is 2.28. The predicted octanol–water partition coefficient (Wildman–Crippen LogP) is 5.84. The fraction of sp³-hybridized carbons (Fsp3) is 0.310. The van der Waals surface area contributed by atoms with E-state index in [1.54, 1.807) is 18.3 Å². The molecule has 1 saturated heterocycles. The monoisotopic (exact) mass is 646 g/mol. The predicted molar refractivity (Wildman–Crippen MR) is 149 cm³/mol. The van der Waals surface area contributed by atoms with Crippen LogP contribution in [0.25, 0.3) is 0 Å². The van der Waals surface area contributed by atoms with Crippen LogP contribution in [0, 0.1) is 5.82 Å². The van der Waals surface area contributed by atoms with Crippen molar-refractivity contribution in [2.75, 3.05) is 30.4 Å². The van der Waals surface area contributed by atoms with Crippen molar-refractivity contribution in [2.24, 2.45) is 0 Å². The fourth-order valence-electron chi connectivity index (χ4n) is 4.04. The number of hydrogen-bond donors (Lipinski definition) is 3. The van der Waals surface area contributed by atoms with Crippen molar-refractivity contribution in [1.29, 1.82) is 0 Å². The molecule has 0 bridgehead atoms. The molecule has 45 heavy (non-hydrogen) atoms. The molecule has 1 aliphatic rings. The first-order chi connectivity index (χ1) is 21.0. The van der Waals surface area contributed by atoms with Gasteiger partial charge in [0.05, 0.1) is 0 Å². The molecule has 0 atom stereocenters. The highest BCUT2D eigenvalue weighted by atomic mass is 19.4. The first kappa shape index (κ1) is 36.5. The zero-order valence-corrected chi connectivity index (χ0v) is 23.6. The number of benzene rings is 2. The van der Waals surface area contributed by atoms with Gasteiger partial charge in [-0.05, 0) is 49.7 Å². The maximum atomic E-state index is 13.4. The second-order valence-electron chi connectivity index (χ2n) is 9.59. The zero-order chi connectivity index (χ0) is 33.8. The molecule has 0 radical (unpaired) electrons. The normalized spacial score (nSPS) is 13.6. The van der Waals surface area contributed by atoms with Gasteiger partial charge in [0, 0.05) is 49.2 Å². The Kier molecular flexibility index (Phi) is 13.3. The number of anilines is 2. The van der Waals surface area contributed by atoms with E-state index in [0.29, 0.717) is 17.3 Å². The van der Waals surface area contributed by atoms with E-state index in [9.17, 15) is 35.5 Å². The maximum Gasteiger partial charge on any atom is 0.490 e. The van der Waals surface area contributed by atoms with E-state index < -0.39 is 30.1 Å². The number of halogens is 7. The molecule has 0 saturated carbocycles. The van der Waals surface area contributed by atoms with Crippen LogP contribution in [-0.2, 0) is 16.1 Å². The molecular weight excluding hydrogens is 617 g/mol. The number of carboxylic acid groups (broad SMARTS) is 2. The summed E-state index contributed by atoms with van der Waals surface area (Å²) >= 11 is 0. The van der Waals surface area contributed by atoms with Gasteiger partial charge in [-0.3, -0.25) is 9.69 Å². The molecule has 0 unspecified atom stereocenters. The minimum atomic E-state index is -5.08. The molecule has 3 N–H and O–H groups in total. The number of hydrogen-bond acceptors (Lipinski definition) is 6. The number of pyridine rings is 1. The Morgan fingerprint density at radius 3 is 1.96 bits per heavy atom. The fourth-order valence-corrected chi connectivity index (χ4v) is 4.04. The van der Waals surface area contributed by atoms with Gasteiger partial charge in [0.1, 0.15) is 11.6 Å². The van der Waals surface area contributed by atoms with Gasteiger partial charge in [-0.2, -0.15) is 26.3 Å². The molecular formula is C29H29F7N4O5. The number of nitrogens with zero attached hydrogens (tertiary/aromatic N) is 3. The third kappa shape index (κ3) is 12.8. The molecule has 3 aromatic rings. The number of piperidine rings is 1. The molecule has 1 aromatic heterocycles. The summed E-state index contributed by atoms with van der Waals surface area (Å²) in [7, 11) is 2.19. The van der Waals surface area contributed by atoms with E-state index in [4.69, 9.17) is 19.8 Å². The number of aliphatic carboxylic acids is 2. The van der Waals surface area contributed by atoms with Crippen molar-refractivity contribution in [1.82, 2.24) is 9.88 Å². The summed E-state index contributed by atoms with van der Waals surface area (Å²) in [6.07, 6.45) is -6.35. The number of nitrogens with one attached hydrogen (secondary N) is 1. The van der Waals surface area contributed by atoms with Gasteiger partial charge in [0.2, 0.25) is 0 Å². The largest absolute Gasteiger partial charge is 0.490 e. The van der Waals surface area contributed by atoms with E-state index in [2.05, 4.69) is 51.4 Å². The van der Waals surface area contributed by atoms with Crippen LogP contribution in [0.5, 0.6) is 0 Å². The van der Waals surface area contributed by atoms with Crippen molar-refractivity contribution >= 4 is 29.4 Å². The first-order valence-corrected chi connectivity index (χ1v) is 13.1. The summed E-state index contributed by atoms with van der Waals surface area (Å²) < 4.78 is 76.9. The van der Waals surface area contributed by atoms with Gasteiger partial charge in [0.15, 0.2) is 0 Å². The lowest BCUT2D eigenvalue weighted by atomic mass is 10.0. The van der Waals surface area contributed by atoms with Crippen LogP contribution in [0.3, 0.4) is 0 Å². The Morgan fingerprint density at radius 2 is 1.44 bits per heavy atom. The van der Waals surface area contributed by atoms with Crippen molar-refractivity contribution in [2.45, 2.75) is 37.8 Å². The Balaban J connectivity index is 0.000000421. The van der Waals surface area contributed by atoms with Gasteiger partial charge in [-0.1, -0.05) is 36.4 Å². The van der Waals surface area contributed by atoms with Crippen molar-refractivity contribution in [3.8, 4) is 0 Å². The van der Waals surface area contributed by atoms with Gasteiger partial charge in [0.25, 0.3) is 5.91 Å². The summed E-state index contributed by atoms with van der Waals surface area (Å²) in [6.45, 7) is 2.78. The lowest BCUT2D eigenvalue weighted by Crippen LogP contribution is -2.43. The minimum absolute atomic E-state index is 0.292. The average Bonchev–Trinajstić information content (AvgIpc) is 2.97. The minimum Gasteiger partial charge on any atom is -0.475 e. The van der Waals surface area contributed by atoms with Crippen LogP contribution in [-0.4, -0.2) is 76.5 Å². The number of alkyl halides is 6. The van der Waals surface area contributed by atoms with Crippen molar-refractivity contribution in [3.63, 3.8) is 0 Å². The number of carbonyl (C=O) groups excluding carboxylic acids is 1. The molecule has 4 rings (SSSR count). The lowest BCUT2D eigenvalue weighted by molar-refractivity contribution is -0.193. The molecule has 1 amide bonds. The summed E-state index contributed by atoms with van der Waals surface area (Å²) in [5, 5.41) is 17.1. The molecule has 9 nitrogen and oxygen atoms in total. The Labute approximate surface area is 252 Å². The molecule has 1 aliphatic heterocycles. The van der Waals surface area contributed by atoms with E-state index in [-0.39, 0.29) is 5.91 Å². The lowest BCUT2D eigenvalue weighted by Gasteiger charge is -2.37. The van der Waals surface area contributed by atoms with Gasteiger partial charge in [-0.25, -0.2) is 19.0 Å². The number of aromatic nitrogens is 1. The van der Waals surface area contributed by atoms with Crippen LogP contribution in [0.2, 0.25) is 0 Å². The van der Waals surface area contributed by atoms with Gasteiger partial charge >= 0.3 is 24.3 Å². The molecule has 244 valence electrons. The maximum absolute atomic E-state index is 13.4. The second kappa shape index (κ2) is 16.4. The Hall–Kier alpha value is -4.73. The van der Waals surface area contributed by atoms with Crippen LogP contribution in [0.15, 0.2) is 72.9 Å². The summed E-state index contributed by atoms with van der Waals surface area (Å²) in [4.78, 5) is 39.4. The molecule has 1 fully saturated rings. The van der Waals surface area contributed by atoms with Crippen molar-refractivity contribution < 1.29 is 55.3 Å². The van der Waals surface area contributed by atoms with Gasteiger partial charge < -0.3 is 20.4 Å². The topological polar surface area (TPSA) is 123 Å². The van der Waals surface area contributed by atoms with Crippen LogP contribution in [0.4, 0.5) is 42.2 Å². The SMILES string of the molecule is CN(Cc1ccccc1)C1CCN(c2cc(NC(=O)c3cccc(F)c3)ccn2)CC1.O=C(O)C(F)(F)F.O=C(O)C(F)(F)F. The third-order valence-corrected chi connectivity index (χ3v) is 6.26. The number of amides is 1. The quantitative estimate of drug-likeness (QED) is 0.286. The van der Waals surface area contributed by atoms with Crippen LogP contribution in [0.1, 0.15) is 28.8 Å². The highest BCUT2D eigenvalue weighted by Gasteiger charge is 2.38. The van der Waals surface area contributed by atoms with E-state index in [0.717, 1.165) is 38.3 Å². The van der Waals surface area contributed by atoms with E-state index in [1.807, 2.05) is 12.1 Å². The average molecular weight is 647 g/mol. The first-order valence-electron chi connectivity index (χ1n) is 13.1. The number of carbonyl (C=O) groups is 3. The Bertz CT molecular complexity index is 1390. The standard InChI is InChI=1S/C25H27FN4O.2C2HF3O2/c1-29(18-19-6-3-2-4-7-19)23-11-14-30(15-12-23)24-17-22(10-13-27-24)28-25(31)20-8-5-9-21(26)16-20;2*3-2(4,5)1(6)7/h2-10,13,16-17,23H,11-12,14-15,18H2,1H3,(H,27,28,31);2*(H,6,7). The van der Waals surface area contributed by atoms with Crippen LogP contribution < -0.4 is 10.2 Å². The van der Waals surface area contributed by atoms with E-state index in [1.165, 1.54) is 23.8 Å². The molecule has 2 aromatic carbocycles. The smallest absolute Gasteiger partial charge is 0.475 e. The third-order valence-electron chi connectivity index (χ3n) is 6.26. The highest BCUT2D eigenvalue weighted by molar-refractivity contribution is 6.04. The summed E-state index contributed by atoms with van der Waals surface area (Å²) in [6, 6.07) is 20.4. The Morgan fingerprint density at radius 1 is 0.889 bits per heavy atom. The molecule has 16 heteroatoms. The van der Waals surface area contributed by atoms with Crippen LogP contribution >= 0.6 is 0 Å². The van der Waals surface area contributed by atoms with Gasteiger partial charge in [-0.15, -0.1) is 0 Å². The number of rotatable bonds is 6. The molecule has 2 heterocycles. The zero-order valence-electron chi connectivity index (χ0n) is 23.6. The van der Waals surface area contributed by atoms with Crippen molar-refractivity contribution in [3.05, 3.63) is 89.9 Å². The number of carboxylic acids is 2. The molecule has 0 spiro atoms. The van der Waals surface area contributed by atoms with E-state index >= 15 is 0 Å². The molecule has 0 aliphatic carbocycles.